The molecule has 1 amide bonds. The van der Waals surface area contributed by atoms with Gasteiger partial charge in [-0.2, -0.15) is 0 Å². The van der Waals surface area contributed by atoms with Crippen LogP contribution in [0, 0.1) is 0 Å². The van der Waals surface area contributed by atoms with Gasteiger partial charge >= 0.3 is 0 Å². The summed E-state index contributed by atoms with van der Waals surface area (Å²) in [5.41, 5.74) is 12.0. The van der Waals surface area contributed by atoms with Gasteiger partial charge in [-0.3, -0.25) is 4.79 Å². The highest BCUT2D eigenvalue weighted by molar-refractivity contribution is 9.10. The molecule has 10 heteroatoms. The van der Waals surface area contributed by atoms with Crippen molar-refractivity contribution in [2.45, 2.75) is 37.5 Å². The Morgan fingerprint density at radius 2 is 1.79 bits per heavy atom. The zero-order valence-corrected chi connectivity index (χ0v) is 27.4. The number of aliphatic imine (C=N–C) groups is 1. The lowest BCUT2D eigenvalue weighted by atomic mass is 9.82. The van der Waals surface area contributed by atoms with Crippen LogP contribution in [0.4, 0.5) is 0 Å². The maximum Gasteiger partial charge on any atom is 0.252 e. The standard InChI is InChI=1S/C37H36BrN5O4/c38-31-17-13-28(14-18-31)21-23-40-36(45)37(22-6-10-27-8-2-1-3-9-27)34(33-12-5-4-11-30(33)26-41-43-39)47-35(42-37)29-15-19-32(20-16-29)46-25-7-24-44/h1-6,8-20,34,44H,7,21-26H2,(H,40,45)/b10-6+/t34-,37-/m1/s1. The number of nitrogens with zero attached hydrogens (tertiary/aromatic N) is 4. The lowest BCUT2D eigenvalue weighted by Crippen LogP contribution is -2.48. The minimum atomic E-state index is -1.37. The van der Waals surface area contributed by atoms with Gasteiger partial charge in [0.25, 0.3) is 5.91 Å². The average Bonchev–Trinajstić information content (AvgIpc) is 3.49. The maximum atomic E-state index is 14.5. The second-order valence-corrected chi connectivity index (χ2v) is 11.9. The van der Waals surface area contributed by atoms with Gasteiger partial charge in [0.15, 0.2) is 11.6 Å². The van der Waals surface area contributed by atoms with Crippen LogP contribution in [0.2, 0.25) is 0 Å². The van der Waals surface area contributed by atoms with Crippen molar-refractivity contribution in [1.29, 1.82) is 0 Å². The van der Waals surface area contributed by atoms with E-state index in [0.717, 1.165) is 26.7 Å². The van der Waals surface area contributed by atoms with Crippen molar-refractivity contribution in [3.8, 4) is 5.75 Å². The van der Waals surface area contributed by atoms with E-state index in [1.165, 1.54) is 0 Å². The number of ether oxygens (including phenoxy) is 2. The third-order valence-corrected chi connectivity index (χ3v) is 8.35. The number of rotatable bonds is 15. The lowest BCUT2D eigenvalue weighted by molar-refractivity contribution is -0.128. The van der Waals surface area contributed by atoms with E-state index in [1.54, 1.807) is 0 Å². The van der Waals surface area contributed by atoms with Gasteiger partial charge in [0.1, 0.15) is 5.75 Å². The Morgan fingerprint density at radius 3 is 2.53 bits per heavy atom. The molecule has 0 spiro atoms. The predicted molar refractivity (Wildman–Crippen MR) is 187 cm³/mol. The van der Waals surface area contributed by atoms with Crippen molar-refractivity contribution in [3.63, 3.8) is 0 Å². The van der Waals surface area contributed by atoms with Crippen LogP contribution in [0.25, 0.3) is 16.5 Å². The van der Waals surface area contributed by atoms with Gasteiger partial charge in [0, 0.05) is 40.9 Å². The first kappa shape index (κ1) is 33.5. The summed E-state index contributed by atoms with van der Waals surface area (Å²) in [7, 11) is 0. The molecule has 0 saturated carbocycles. The molecule has 2 atom stereocenters. The normalized spacial score (nSPS) is 17.1. The Kier molecular flexibility index (Phi) is 11.8. The first-order valence-corrected chi connectivity index (χ1v) is 16.3. The van der Waals surface area contributed by atoms with E-state index in [2.05, 4.69) is 31.3 Å². The van der Waals surface area contributed by atoms with Crippen molar-refractivity contribution < 1.29 is 19.4 Å². The molecule has 2 N–H and O–H groups in total. The van der Waals surface area contributed by atoms with Gasteiger partial charge < -0.3 is 19.9 Å². The van der Waals surface area contributed by atoms with Crippen LogP contribution in [0.1, 0.15) is 46.8 Å². The van der Waals surface area contributed by atoms with Crippen molar-refractivity contribution in [3.05, 3.63) is 152 Å². The first-order chi connectivity index (χ1) is 23.0. The van der Waals surface area contributed by atoms with Crippen LogP contribution in [-0.4, -0.2) is 42.2 Å². The fourth-order valence-corrected chi connectivity index (χ4v) is 5.66. The highest BCUT2D eigenvalue weighted by Gasteiger charge is 2.53. The molecule has 0 unspecified atom stereocenters. The van der Waals surface area contributed by atoms with Gasteiger partial charge in [0.05, 0.1) is 13.2 Å². The summed E-state index contributed by atoms with van der Waals surface area (Å²) in [6.07, 6.45) is 4.55. The second-order valence-electron chi connectivity index (χ2n) is 11.0. The highest BCUT2D eigenvalue weighted by Crippen LogP contribution is 2.44. The molecule has 0 fully saturated rings. The fourth-order valence-electron chi connectivity index (χ4n) is 5.40. The average molecular weight is 695 g/mol. The Hall–Kier alpha value is -4.89. The van der Waals surface area contributed by atoms with Gasteiger partial charge in [-0.1, -0.05) is 99.9 Å². The SMILES string of the molecule is [N-]=[N+]=NCc1ccccc1[C@H]1OC(c2ccc(OCCCO)cc2)=N[C@@]1(C/C=C/c1ccccc1)C(=O)NCCc1ccc(Br)cc1. The number of amides is 1. The Balaban J connectivity index is 1.53. The van der Waals surface area contributed by atoms with Gasteiger partial charge in [-0.15, -0.1) is 0 Å². The Bertz CT molecular complexity index is 1740. The summed E-state index contributed by atoms with van der Waals surface area (Å²) >= 11 is 3.48. The van der Waals surface area contributed by atoms with E-state index in [4.69, 9.17) is 25.1 Å². The number of carbonyl (C=O) groups is 1. The zero-order valence-electron chi connectivity index (χ0n) is 25.8. The number of halogens is 1. The molecule has 240 valence electrons. The van der Waals surface area contributed by atoms with Crippen LogP contribution in [0.15, 0.2) is 124 Å². The second kappa shape index (κ2) is 16.6. The third kappa shape index (κ3) is 8.68. The van der Waals surface area contributed by atoms with Gasteiger partial charge in [-0.25, -0.2) is 4.99 Å². The van der Waals surface area contributed by atoms with Crippen LogP contribution in [-0.2, 0) is 22.5 Å². The monoisotopic (exact) mass is 693 g/mol. The van der Waals surface area contributed by atoms with E-state index in [-0.39, 0.29) is 25.5 Å². The number of carbonyl (C=O) groups excluding carboxylic acids is 1. The van der Waals surface area contributed by atoms with Crippen molar-refractivity contribution >= 4 is 33.8 Å². The summed E-state index contributed by atoms with van der Waals surface area (Å²) in [4.78, 5) is 22.5. The molecule has 0 radical (unpaired) electrons. The zero-order chi connectivity index (χ0) is 32.9. The van der Waals surface area contributed by atoms with E-state index >= 15 is 0 Å². The largest absolute Gasteiger partial charge is 0.494 e. The quantitative estimate of drug-likeness (QED) is 0.0571. The molecule has 4 aromatic rings. The number of azide groups is 1. The number of hydrogen-bond donors (Lipinski definition) is 2. The predicted octanol–water partition coefficient (Wildman–Crippen LogP) is 7.74. The van der Waals surface area contributed by atoms with Crippen molar-refractivity contribution in [2.24, 2.45) is 10.1 Å². The minimum absolute atomic E-state index is 0.0528. The summed E-state index contributed by atoms with van der Waals surface area (Å²) in [5.74, 6) is 0.710. The molecule has 1 aliphatic heterocycles. The summed E-state index contributed by atoms with van der Waals surface area (Å²) in [6, 6.07) is 32.7. The number of aliphatic hydroxyl groups is 1. The highest BCUT2D eigenvalue weighted by atomic mass is 79.9. The molecule has 0 aliphatic carbocycles. The number of nitrogens with one attached hydrogen (secondary N) is 1. The molecule has 4 aromatic carbocycles. The topological polar surface area (TPSA) is 129 Å². The molecule has 0 bridgehead atoms. The first-order valence-electron chi connectivity index (χ1n) is 15.5. The maximum absolute atomic E-state index is 14.5. The van der Waals surface area contributed by atoms with Crippen molar-refractivity contribution in [1.82, 2.24) is 5.32 Å². The summed E-state index contributed by atoms with van der Waals surface area (Å²) in [5, 5.41) is 16.1. The van der Waals surface area contributed by atoms with Crippen LogP contribution < -0.4 is 10.1 Å². The molecule has 47 heavy (non-hydrogen) atoms. The molecule has 1 heterocycles. The van der Waals surface area contributed by atoms with E-state index in [1.807, 2.05) is 115 Å². The van der Waals surface area contributed by atoms with E-state index in [0.29, 0.717) is 43.2 Å². The molecular weight excluding hydrogens is 658 g/mol. The van der Waals surface area contributed by atoms with Gasteiger partial charge in [-0.05, 0) is 70.6 Å². The molecule has 1 aliphatic rings. The fraction of sp³-hybridized carbons (Fsp3) is 0.243. The molecule has 0 aromatic heterocycles. The van der Waals surface area contributed by atoms with Crippen LogP contribution >= 0.6 is 15.9 Å². The molecule has 0 saturated heterocycles. The minimum Gasteiger partial charge on any atom is -0.494 e. The molecule has 5 rings (SSSR count). The summed E-state index contributed by atoms with van der Waals surface area (Å²) in [6.45, 7) is 0.956. The third-order valence-electron chi connectivity index (χ3n) is 7.82. The molecule has 9 nitrogen and oxygen atoms in total. The van der Waals surface area contributed by atoms with Crippen molar-refractivity contribution in [2.75, 3.05) is 19.8 Å². The lowest BCUT2D eigenvalue weighted by Gasteiger charge is -2.31. The molecular formula is C37H36BrN5O4. The number of hydrogen-bond acceptors (Lipinski definition) is 6. The van der Waals surface area contributed by atoms with E-state index < -0.39 is 11.6 Å². The number of benzene rings is 4. The summed E-state index contributed by atoms with van der Waals surface area (Å²) < 4.78 is 13.4. The van der Waals surface area contributed by atoms with E-state index in [9.17, 15) is 4.79 Å². The Morgan fingerprint density at radius 1 is 1.04 bits per heavy atom. The van der Waals surface area contributed by atoms with Crippen LogP contribution in [0.3, 0.4) is 0 Å². The van der Waals surface area contributed by atoms with Gasteiger partial charge in [0.2, 0.25) is 5.90 Å². The smallest absolute Gasteiger partial charge is 0.252 e. The Labute approximate surface area is 282 Å². The number of aliphatic hydroxyl groups excluding tert-OH is 1. The van der Waals surface area contributed by atoms with Crippen LogP contribution in [0.5, 0.6) is 5.75 Å².